The van der Waals surface area contributed by atoms with Crippen molar-refractivity contribution in [1.82, 2.24) is 4.98 Å². The van der Waals surface area contributed by atoms with Crippen molar-refractivity contribution in [2.45, 2.75) is 19.4 Å². The van der Waals surface area contributed by atoms with Crippen molar-refractivity contribution < 1.29 is 9.90 Å². The van der Waals surface area contributed by atoms with Crippen LogP contribution < -0.4 is 11.1 Å². The van der Waals surface area contributed by atoms with Gasteiger partial charge < -0.3 is 16.2 Å². The Morgan fingerprint density at radius 3 is 3.00 bits per heavy atom. The summed E-state index contributed by atoms with van der Waals surface area (Å²) in [6.45, 7) is 0.506. The van der Waals surface area contributed by atoms with Gasteiger partial charge in [-0.05, 0) is 30.5 Å². The van der Waals surface area contributed by atoms with Crippen LogP contribution in [-0.4, -0.2) is 22.6 Å². The molecule has 0 aliphatic carbocycles. The van der Waals surface area contributed by atoms with Gasteiger partial charge in [0.15, 0.2) is 0 Å². The van der Waals surface area contributed by atoms with E-state index in [0.717, 1.165) is 22.7 Å². The maximum absolute atomic E-state index is 12.0. The van der Waals surface area contributed by atoms with Gasteiger partial charge in [-0.1, -0.05) is 12.1 Å². The van der Waals surface area contributed by atoms with Crippen molar-refractivity contribution in [3.05, 3.63) is 45.9 Å². The molecule has 0 unspecified atom stereocenters. The molecule has 1 aromatic carbocycles. The molecule has 5 nitrogen and oxygen atoms in total. The summed E-state index contributed by atoms with van der Waals surface area (Å²) in [5.41, 5.74) is 7.67. The second-order valence-corrected chi connectivity index (χ2v) is 5.25. The van der Waals surface area contributed by atoms with E-state index in [2.05, 4.69) is 10.3 Å². The van der Waals surface area contributed by atoms with Crippen LogP contribution in [0.3, 0.4) is 0 Å². The third-order valence-corrected chi connectivity index (χ3v) is 3.64. The monoisotopic (exact) mass is 291 g/mol. The van der Waals surface area contributed by atoms with Gasteiger partial charge in [-0.15, -0.1) is 11.3 Å². The second kappa shape index (κ2) is 7.14. The number of hydrogen-bond acceptors (Lipinski definition) is 5. The summed E-state index contributed by atoms with van der Waals surface area (Å²) in [7, 11) is 0. The SMILES string of the molecule is NCc1nc(C(=O)Nc2cccc(CCCO)c2)cs1. The van der Waals surface area contributed by atoms with E-state index in [1.165, 1.54) is 11.3 Å². The fraction of sp³-hybridized carbons (Fsp3) is 0.286. The van der Waals surface area contributed by atoms with E-state index in [4.69, 9.17) is 10.8 Å². The molecular formula is C14H17N3O2S. The fourth-order valence-corrected chi connectivity index (χ4v) is 2.45. The first-order valence-corrected chi connectivity index (χ1v) is 7.26. The molecule has 6 heteroatoms. The lowest BCUT2D eigenvalue weighted by Gasteiger charge is -2.06. The van der Waals surface area contributed by atoms with E-state index >= 15 is 0 Å². The number of aliphatic hydroxyl groups excluding tert-OH is 1. The molecule has 2 rings (SSSR count). The van der Waals surface area contributed by atoms with Gasteiger partial charge in [-0.2, -0.15) is 0 Å². The summed E-state index contributed by atoms with van der Waals surface area (Å²) in [6.07, 6.45) is 1.50. The van der Waals surface area contributed by atoms with E-state index in [0.29, 0.717) is 18.7 Å². The number of aryl methyl sites for hydroxylation is 1. The van der Waals surface area contributed by atoms with Crippen molar-refractivity contribution >= 4 is 22.9 Å². The minimum absolute atomic E-state index is 0.164. The Labute approximate surface area is 121 Å². The normalized spacial score (nSPS) is 10.5. The maximum Gasteiger partial charge on any atom is 0.275 e. The van der Waals surface area contributed by atoms with Crippen molar-refractivity contribution in [2.75, 3.05) is 11.9 Å². The smallest absolute Gasteiger partial charge is 0.275 e. The van der Waals surface area contributed by atoms with Crippen molar-refractivity contribution in [2.24, 2.45) is 5.73 Å². The van der Waals surface area contributed by atoms with Gasteiger partial charge in [0.05, 0.1) is 0 Å². The zero-order chi connectivity index (χ0) is 14.4. The van der Waals surface area contributed by atoms with Gasteiger partial charge in [0.2, 0.25) is 0 Å². The van der Waals surface area contributed by atoms with Crippen LogP contribution in [0.15, 0.2) is 29.6 Å². The number of benzene rings is 1. The first kappa shape index (κ1) is 14.6. The number of carbonyl (C=O) groups excluding carboxylic acids is 1. The summed E-state index contributed by atoms with van der Waals surface area (Å²) in [6, 6.07) is 7.59. The summed E-state index contributed by atoms with van der Waals surface area (Å²) in [4.78, 5) is 16.2. The highest BCUT2D eigenvalue weighted by Gasteiger charge is 2.10. The number of carbonyl (C=O) groups is 1. The standard InChI is InChI=1S/C14H17N3O2S/c15-8-13-17-12(9-20-13)14(19)16-11-5-1-3-10(7-11)4-2-6-18/h1,3,5,7,9,18H,2,4,6,8,15H2,(H,16,19). The fourth-order valence-electron chi connectivity index (χ4n) is 1.79. The van der Waals surface area contributed by atoms with Crippen LogP contribution in [0.25, 0.3) is 0 Å². The number of hydrogen-bond donors (Lipinski definition) is 3. The molecule has 0 saturated carbocycles. The molecule has 1 amide bonds. The van der Waals surface area contributed by atoms with Gasteiger partial charge in [0.1, 0.15) is 10.7 Å². The Balaban J connectivity index is 2.03. The van der Waals surface area contributed by atoms with E-state index in [1.807, 2.05) is 24.3 Å². The van der Waals surface area contributed by atoms with Crippen molar-refractivity contribution in [1.29, 1.82) is 0 Å². The number of aromatic nitrogens is 1. The molecule has 2 aromatic rings. The molecule has 0 spiro atoms. The molecule has 0 radical (unpaired) electrons. The van der Waals surface area contributed by atoms with Crippen LogP contribution in [0.5, 0.6) is 0 Å². The van der Waals surface area contributed by atoms with Crippen LogP contribution in [0.4, 0.5) is 5.69 Å². The number of anilines is 1. The molecule has 0 aliphatic rings. The molecule has 0 atom stereocenters. The van der Waals surface area contributed by atoms with Gasteiger partial charge >= 0.3 is 0 Å². The molecule has 0 saturated heterocycles. The minimum Gasteiger partial charge on any atom is -0.396 e. The Kier molecular flexibility index (Phi) is 5.23. The lowest BCUT2D eigenvalue weighted by molar-refractivity contribution is 0.102. The largest absolute Gasteiger partial charge is 0.396 e. The van der Waals surface area contributed by atoms with Gasteiger partial charge in [0.25, 0.3) is 5.91 Å². The van der Waals surface area contributed by atoms with Gasteiger partial charge in [-0.25, -0.2) is 4.98 Å². The highest BCUT2D eigenvalue weighted by atomic mass is 32.1. The summed E-state index contributed by atoms with van der Waals surface area (Å²) >= 11 is 1.38. The van der Waals surface area contributed by atoms with Crippen LogP contribution in [0.1, 0.15) is 27.5 Å². The number of thiazole rings is 1. The number of nitrogens with two attached hydrogens (primary N) is 1. The maximum atomic E-state index is 12.0. The molecule has 4 N–H and O–H groups in total. The quantitative estimate of drug-likeness (QED) is 0.757. The Bertz CT molecular complexity index is 583. The number of nitrogens with one attached hydrogen (secondary N) is 1. The number of amides is 1. The Hall–Kier alpha value is -1.76. The van der Waals surface area contributed by atoms with Crippen LogP contribution in [-0.2, 0) is 13.0 Å². The summed E-state index contributed by atoms with van der Waals surface area (Å²) < 4.78 is 0. The molecule has 1 aromatic heterocycles. The topological polar surface area (TPSA) is 88.2 Å². The number of nitrogens with zero attached hydrogens (tertiary/aromatic N) is 1. The van der Waals surface area contributed by atoms with Gasteiger partial charge in [-0.3, -0.25) is 4.79 Å². The minimum atomic E-state index is -0.236. The third kappa shape index (κ3) is 3.86. The van der Waals surface area contributed by atoms with Crippen LogP contribution in [0.2, 0.25) is 0 Å². The van der Waals surface area contributed by atoms with E-state index in [9.17, 15) is 4.79 Å². The van der Waals surface area contributed by atoms with E-state index < -0.39 is 0 Å². The second-order valence-electron chi connectivity index (χ2n) is 4.31. The molecule has 1 heterocycles. The first-order valence-electron chi connectivity index (χ1n) is 6.38. The zero-order valence-corrected chi connectivity index (χ0v) is 11.8. The van der Waals surface area contributed by atoms with Crippen LogP contribution in [0, 0.1) is 0 Å². The Morgan fingerprint density at radius 2 is 2.30 bits per heavy atom. The molecule has 0 bridgehead atoms. The molecule has 0 aliphatic heterocycles. The molecule has 106 valence electrons. The van der Waals surface area contributed by atoms with Crippen molar-refractivity contribution in [3.8, 4) is 0 Å². The highest BCUT2D eigenvalue weighted by molar-refractivity contribution is 7.09. The highest BCUT2D eigenvalue weighted by Crippen LogP contribution is 2.15. The predicted octanol–water partition coefficient (Wildman–Crippen LogP) is 1.78. The third-order valence-electron chi connectivity index (χ3n) is 2.77. The lowest BCUT2D eigenvalue weighted by atomic mass is 10.1. The van der Waals surface area contributed by atoms with Gasteiger partial charge in [0, 0.05) is 24.2 Å². The first-order chi connectivity index (χ1) is 9.72. The zero-order valence-electron chi connectivity index (χ0n) is 11.0. The number of aliphatic hydroxyl groups is 1. The lowest BCUT2D eigenvalue weighted by Crippen LogP contribution is -2.12. The molecule has 20 heavy (non-hydrogen) atoms. The molecular weight excluding hydrogens is 274 g/mol. The van der Waals surface area contributed by atoms with E-state index in [-0.39, 0.29) is 12.5 Å². The summed E-state index contributed by atoms with van der Waals surface area (Å²) in [5.74, 6) is -0.236. The predicted molar refractivity (Wildman–Crippen MR) is 79.8 cm³/mol. The van der Waals surface area contributed by atoms with Crippen LogP contribution >= 0.6 is 11.3 Å². The average molecular weight is 291 g/mol. The van der Waals surface area contributed by atoms with E-state index in [1.54, 1.807) is 5.38 Å². The number of rotatable bonds is 6. The Morgan fingerprint density at radius 1 is 1.45 bits per heavy atom. The van der Waals surface area contributed by atoms with Crippen molar-refractivity contribution in [3.63, 3.8) is 0 Å². The summed E-state index contributed by atoms with van der Waals surface area (Å²) in [5, 5.41) is 14.1. The average Bonchev–Trinajstić information content (AvgIpc) is 2.94. The molecule has 0 fully saturated rings.